The van der Waals surface area contributed by atoms with Crippen LogP contribution in [0.2, 0.25) is 0 Å². The van der Waals surface area contributed by atoms with Crippen LogP contribution in [-0.4, -0.2) is 34.9 Å². The van der Waals surface area contributed by atoms with Crippen molar-refractivity contribution in [2.45, 2.75) is 19.4 Å². The highest BCUT2D eigenvalue weighted by Gasteiger charge is 2.31. The van der Waals surface area contributed by atoms with Gasteiger partial charge >= 0.3 is 0 Å². The first-order valence-corrected chi connectivity index (χ1v) is 13.1. The number of amides is 1. The average molecular weight is 541 g/mol. The minimum absolute atomic E-state index is 0.0822. The lowest BCUT2D eigenvalue weighted by molar-refractivity contribution is 0.0941. The van der Waals surface area contributed by atoms with E-state index in [0.717, 1.165) is 27.8 Å². The first-order valence-electron chi connectivity index (χ1n) is 13.1. The molecule has 4 heterocycles. The highest BCUT2D eigenvalue weighted by Crippen LogP contribution is 2.39. The molecule has 1 aliphatic carbocycles. The number of nitrogens with two attached hydrogens (primary N) is 1. The van der Waals surface area contributed by atoms with Crippen LogP contribution < -0.4 is 16.6 Å². The number of aromatic nitrogens is 6. The van der Waals surface area contributed by atoms with E-state index in [2.05, 4.69) is 32.3 Å². The van der Waals surface area contributed by atoms with Crippen molar-refractivity contribution in [1.29, 1.82) is 0 Å². The van der Waals surface area contributed by atoms with E-state index < -0.39 is 11.9 Å². The number of hydrogen-bond acceptors (Lipinski definition) is 6. The van der Waals surface area contributed by atoms with E-state index in [9.17, 15) is 9.59 Å². The molecule has 1 atom stereocenters. The number of rotatable bonds is 4. The van der Waals surface area contributed by atoms with Gasteiger partial charge in [0.15, 0.2) is 11.5 Å². The SMILES string of the molecule is C[C@@H](NC(=O)c1c(N)nn2cccnc12)c1c2c3c(ccc(C#Cc4cnn(C)c4)c3c(=O)n1-c1ccccc1)C2. The largest absolute Gasteiger partial charge is 0.381 e. The Morgan fingerprint density at radius 2 is 1.93 bits per heavy atom. The molecule has 200 valence electrons. The molecule has 0 unspecified atom stereocenters. The molecule has 41 heavy (non-hydrogen) atoms. The van der Waals surface area contributed by atoms with Crippen LogP contribution in [0.1, 0.15) is 51.3 Å². The molecule has 2 aromatic carbocycles. The van der Waals surface area contributed by atoms with Crippen LogP contribution in [0.4, 0.5) is 5.82 Å². The molecule has 10 nitrogen and oxygen atoms in total. The van der Waals surface area contributed by atoms with Crippen LogP contribution in [0.5, 0.6) is 0 Å². The number of anilines is 1. The van der Waals surface area contributed by atoms with E-state index in [1.807, 2.05) is 62.6 Å². The summed E-state index contributed by atoms with van der Waals surface area (Å²) >= 11 is 0. The molecule has 7 rings (SSSR count). The topological polar surface area (TPSA) is 125 Å². The zero-order valence-electron chi connectivity index (χ0n) is 22.3. The van der Waals surface area contributed by atoms with E-state index in [0.29, 0.717) is 28.7 Å². The second-order valence-corrected chi connectivity index (χ2v) is 10.0. The summed E-state index contributed by atoms with van der Waals surface area (Å²) in [6.07, 6.45) is 7.46. The third kappa shape index (κ3) is 3.86. The highest BCUT2D eigenvalue weighted by molar-refractivity contribution is 6.04. The van der Waals surface area contributed by atoms with E-state index in [-0.39, 0.29) is 16.9 Å². The molecule has 0 spiro atoms. The maximum atomic E-state index is 14.3. The van der Waals surface area contributed by atoms with Gasteiger partial charge in [-0.25, -0.2) is 9.50 Å². The molecule has 0 bridgehead atoms. The number of para-hydroxylation sites is 1. The summed E-state index contributed by atoms with van der Waals surface area (Å²) in [6.45, 7) is 1.87. The minimum Gasteiger partial charge on any atom is -0.381 e. The molecule has 1 amide bonds. The zero-order chi connectivity index (χ0) is 28.2. The van der Waals surface area contributed by atoms with Crippen LogP contribution in [-0.2, 0) is 13.5 Å². The van der Waals surface area contributed by atoms with Gasteiger partial charge in [-0.2, -0.15) is 5.10 Å². The Labute approximate surface area is 234 Å². The fourth-order valence-electron chi connectivity index (χ4n) is 5.58. The molecule has 0 saturated carbocycles. The fraction of sp³-hybridized carbons (Fsp3) is 0.129. The summed E-state index contributed by atoms with van der Waals surface area (Å²) in [5.74, 6) is 6.00. The van der Waals surface area contributed by atoms with Crippen molar-refractivity contribution in [3.8, 4) is 17.5 Å². The highest BCUT2D eigenvalue weighted by atomic mass is 16.2. The molecule has 3 N–H and O–H groups in total. The maximum absolute atomic E-state index is 14.3. The minimum atomic E-state index is -0.536. The number of fused-ring (bicyclic) bond motifs is 1. The molecule has 10 heteroatoms. The van der Waals surface area contributed by atoms with Crippen LogP contribution >= 0.6 is 0 Å². The number of nitrogens with zero attached hydrogens (tertiary/aromatic N) is 6. The standard InChI is InChI=1S/C31H24N8O2/c1-18(35-30(40)26-28(32)36-38-14-6-13-33-29(26)38)27-23-15-21-12-11-20(10-9-19-16-34-37(2)17-19)25(24(21)23)31(41)39(27)22-7-4-3-5-8-22/h3-8,11-14,16-18H,15H2,1-2H3,(H2,32,36)(H,35,40)/t18-/m1/s1. The average Bonchev–Trinajstić information content (AvgIpc) is 3.53. The van der Waals surface area contributed by atoms with Gasteiger partial charge in [-0.15, -0.1) is 5.10 Å². The Balaban J connectivity index is 1.39. The van der Waals surface area contributed by atoms with Gasteiger partial charge in [-0.3, -0.25) is 18.8 Å². The molecular formula is C31H24N8O2. The molecule has 4 aromatic heterocycles. The van der Waals surface area contributed by atoms with Gasteiger partial charge in [-0.1, -0.05) is 36.1 Å². The third-order valence-electron chi connectivity index (χ3n) is 7.40. The second kappa shape index (κ2) is 9.20. The summed E-state index contributed by atoms with van der Waals surface area (Å²) in [5, 5.41) is 12.9. The van der Waals surface area contributed by atoms with Crippen LogP contribution in [0, 0.1) is 11.8 Å². The number of aryl methyl sites for hydroxylation is 1. The van der Waals surface area contributed by atoms with Crippen LogP contribution in [0.3, 0.4) is 0 Å². The number of pyridine rings is 1. The summed E-state index contributed by atoms with van der Waals surface area (Å²) in [6, 6.07) is 14.5. The molecule has 1 aliphatic rings. The molecule has 0 fully saturated rings. The van der Waals surface area contributed by atoms with Gasteiger partial charge in [0.25, 0.3) is 11.5 Å². The first kappa shape index (κ1) is 24.4. The van der Waals surface area contributed by atoms with Crippen molar-refractivity contribution in [3.05, 3.63) is 117 Å². The van der Waals surface area contributed by atoms with Gasteiger partial charge in [0.2, 0.25) is 0 Å². The second-order valence-electron chi connectivity index (χ2n) is 10.0. The Bertz CT molecular complexity index is 2140. The Kier molecular flexibility index (Phi) is 5.47. The van der Waals surface area contributed by atoms with E-state index in [1.165, 1.54) is 4.52 Å². The predicted molar refractivity (Wildman–Crippen MR) is 155 cm³/mol. The van der Waals surface area contributed by atoms with Crippen molar-refractivity contribution >= 4 is 28.1 Å². The number of carbonyl (C=O) groups excluding carboxylic acids is 1. The normalized spacial score (nSPS) is 12.5. The summed E-state index contributed by atoms with van der Waals surface area (Å²) in [5.41, 5.74) is 11.4. The van der Waals surface area contributed by atoms with Crippen molar-refractivity contribution in [3.63, 3.8) is 0 Å². The third-order valence-corrected chi connectivity index (χ3v) is 7.40. The van der Waals surface area contributed by atoms with Gasteiger partial charge in [0, 0.05) is 43.3 Å². The van der Waals surface area contributed by atoms with Gasteiger partial charge in [-0.05, 0) is 47.7 Å². The summed E-state index contributed by atoms with van der Waals surface area (Å²) in [7, 11) is 1.83. The molecule has 0 saturated heterocycles. The summed E-state index contributed by atoms with van der Waals surface area (Å²) in [4.78, 5) is 32.1. The Morgan fingerprint density at radius 3 is 2.71 bits per heavy atom. The quantitative estimate of drug-likeness (QED) is 0.331. The molecule has 0 aliphatic heterocycles. The zero-order valence-corrected chi connectivity index (χ0v) is 22.3. The number of nitrogens with one attached hydrogen (secondary N) is 1. The molecular weight excluding hydrogens is 516 g/mol. The number of carbonyl (C=O) groups is 1. The predicted octanol–water partition coefficient (Wildman–Crippen LogP) is 3.14. The van der Waals surface area contributed by atoms with Crippen LogP contribution in [0.25, 0.3) is 22.1 Å². The monoisotopic (exact) mass is 540 g/mol. The molecule has 0 radical (unpaired) electrons. The maximum Gasteiger partial charge on any atom is 0.264 e. The first-order chi connectivity index (χ1) is 19.9. The number of hydrogen-bond donors (Lipinski definition) is 2. The fourth-order valence-corrected chi connectivity index (χ4v) is 5.58. The van der Waals surface area contributed by atoms with E-state index in [1.54, 1.807) is 33.9 Å². The lowest BCUT2D eigenvalue weighted by Crippen LogP contribution is -2.35. The van der Waals surface area contributed by atoms with E-state index in [4.69, 9.17) is 5.73 Å². The van der Waals surface area contributed by atoms with Gasteiger partial charge in [0.1, 0.15) is 5.56 Å². The van der Waals surface area contributed by atoms with Crippen LogP contribution in [0.15, 0.2) is 78.1 Å². The summed E-state index contributed by atoms with van der Waals surface area (Å²) < 4.78 is 4.85. The van der Waals surface area contributed by atoms with Crippen molar-refractivity contribution < 1.29 is 4.79 Å². The lowest BCUT2D eigenvalue weighted by atomic mass is 9.81. The van der Waals surface area contributed by atoms with E-state index >= 15 is 0 Å². The smallest absolute Gasteiger partial charge is 0.264 e. The van der Waals surface area contributed by atoms with Gasteiger partial charge in [0.05, 0.1) is 28.9 Å². The Hall–Kier alpha value is -5.69. The van der Waals surface area contributed by atoms with Crippen molar-refractivity contribution in [2.24, 2.45) is 7.05 Å². The van der Waals surface area contributed by atoms with Crippen molar-refractivity contribution in [2.75, 3.05) is 5.73 Å². The van der Waals surface area contributed by atoms with Crippen molar-refractivity contribution in [1.82, 2.24) is 34.3 Å². The number of benzene rings is 2. The number of nitrogen functional groups attached to an aromatic ring is 1. The Morgan fingerprint density at radius 1 is 1.10 bits per heavy atom. The van der Waals surface area contributed by atoms with Gasteiger partial charge < -0.3 is 11.1 Å². The molecule has 6 aromatic rings. The lowest BCUT2D eigenvalue weighted by Gasteiger charge is -2.30.